The van der Waals surface area contributed by atoms with Crippen LogP contribution in [-0.2, 0) is 32.2 Å². The summed E-state index contributed by atoms with van der Waals surface area (Å²) >= 11 is 0. The lowest BCUT2D eigenvalue weighted by Gasteiger charge is -2.18. The Labute approximate surface area is 241 Å². The monoisotopic (exact) mass is 531 g/mol. The highest BCUT2D eigenvalue weighted by Crippen LogP contribution is 2.24. The number of benzene rings is 3. The van der Waals surface area contributed by atoms with E-state index in [9.17, 15) is 0 Å². The molecular weight excluding hydrogens is 474 g/mol. The van der Waals surface area contributed by atoms with E-state index >= 15 is 0 Å². The van der Waals surface area contributed by atoms with Crippen molar-refractivity contribution in [3.63, 3.8) is 0 Å². The van der Waals surface area contributed by atoms with Gasteiger partial charge in [0, 0.05) is 38.9 Å². The highest BCUT2D eigenvalue weighted by molar-refractivity contribution is 5.53. The number of nitrogens with zero attached hydrogens (tertiary/aromatic N) is 3. The third-order valence-corrected chi connectivity index (χ3v) is 7.78. The lowest BCUT2D eigenvalue weighted by Crippen LogP contribution is -2.20. The van der Waals surface area contributed by atoms with Gasteiger partial charge in [-0.05, 0) is 99.5 Å². The summed E-state index contributed by atoms with van der Waals surface area (Å²) in [5, 5.41) is 0. The van der Waals surface area contributed by atoms with Crippen LogP contribution >= 0.6 is 0 Å². The van der Waals surface area contributed by atoms with E-state index in [1.165, 1.54) is 87.9 Å². The van der Waals surface area contributed by atoms with E-state index in [0.717, 1.165) is 6.54 Å². The Morgan fingerprint density at radius 2 is 0.923 bits per heavy atom. The first-order chi connectivity index (χ1) is 17.6. The van der Waals surface area contributed by atoms with Crippen molar-refractivity contribution in [2.45, 2.75) is 73.8 Å². The molecule has 0 bridgehead atoms. The summed E-state index contributed by atoms with van der Waals surface area (Å²) in [4.78, 5) is 7.16. The number of hydrogen-bond acceptors (Lipinski definition) is 3. The van der Waals surface area contributed by atoms with Crippen LogP contribution in [-0.4, -0.2) is 57.1 Å². The fraction of sp³-hybridized carbons (Fsp3) is 0.500. The number of para-hydroxylation sites is 1. The number of aryl methyl sites for hydroxylation is 2. The van der Waals surface area contributed by atoms with E-state index in [-0.39, 0.29) is 22.3 Å². The Morgan fingerprint density at radius 1 is 0.436 bits per heavy atom. The van der Waals surface area contributed by atoms with E-state index in [1.54, 1.807) is 16.7 Å². The molecule has 0 amide bonds. The molecule has 3 aromatic rings. The Kier molecular flexibility index (Phi) is 15.8. The van der Waals surface area contributed by atoms with E-state index in [4.69, 9.17) is 0 Å². The second-order valence-electron chi connectivity index (χ2n) is 10.7. The summed E-state index contributed by atoms with van der Waals surface area (Å²) in [6, 6.07) is 26.3. The summed E-state index contributed by atoms with van der Waals surface area (Å²) in [6.07, 6.45) is 8.89. The van der Waals surface area contributed by atoms with Crippen LogP contribution in [0.25, 0.3) is 0 Å². The molecular formula is C36H57N3. The van der Waals surface area contributed by atoms with Gasteiger partial charge in [-0.1, -0.05) is 89.0 Å². The molecule has 0 saturated carbocycles. The van der Waals surface area contributed by atoms with Crippen molar-refractivity contribution < 1.29 is 0 Å². The van der Waals surface area contributed by atoms with E-state index in [0.29, 0.717) is 0 Å². The van der Waals surface area contributed by atoms with Gasteiger partial charge in [0.1, 0.15) is 0 Å². The van der Waals surface area contributed by atoms with Crippen LogP contribution in [0.1, 0.15) is 69.4 Å². The van der Waals surface area contributed by atoms with Crippen molar-refractivity contribution in [3.05, 3.63) is 101 Å². The van der Waals surface area contributed by atoms with E-state index in [2.05, 4.69) is 109 Å². The quantitative estimate of drug-likeness (QED) is 0.290. The largest absolute Gasteiger partial charge is 0.374 e. The minimum absolute atomic E-state index is 0. The summed E-state index contributed by atoms with van der Waals surface area (Å²) in [6.45, 7) is 5.97. The predicted octanol–water partition coefficient (Wildman–Crippen LogP) is 8.15. The van der Waals surface area contributed by atoms with E-state index in [1.807, 2.05) is 0 Å². The zero-order valence-corrected chi connectivity index (χ0v) is 22.8. The second-order valence-corrected chi connectivity index (χ2v) is 10.7. The standard InChI is InChI=1S/3C11H15N.3CH4/c1-12-9-5-4-7-10-6-2-3-8-11(10)12;1-12-8-4-7-10-5-2-3-6-11(10)9-12;1-12-8-6-10-4-2-3-5-11(10)7-9-12;;;/h2-3,6,8H,4-5,7,9H2,1H3;2-3,5-6H,4,7-9H2,1H3;2-5H,6-9H2,1H3;3*1H4. The van der Waals surface area contributed by atoms with Gasteiger partial charge in [0.15, 0.2) is 0 Å². The average Bonchev–Trinajstić information content (AvgIpc) is 3.31. The molecule has 3 heteroatoms. The molecule has 216 valence electrons. The topological polar surface area (TPSA) is 9.72 Å². The Balaban J connectivity index is 0.000000282. The normalized spacial score (nSPS) is 16.5. The van der Waals surface area contributed by atoms with Crippen molar-refractivity contribution in [1.29, 1.82) is 0 Å². The van der Waals surface area contributed by atoms with Gasteiger partial charge in [0.05, 0.1) is 0 Å². The van der Waals surface area contributed by atoms with Gasteiger partial charge < -0.3 is 14.7 Å². The predicted molar refractivity (Wildman–Crippen MR) is 175 cm³/mol. The molecule has 0 aromatic heterocycles. The fourth-order valence-corrected chi connectivity index (χ4v) is 5.52. The minimum atomic E-state index is 0. The SMILES string of the molecule is C.C.C.CN1CCCCc2ccccc21.CN1CCCc2ccccc2C1.CN1CCc2ccccc2CC1. The van der Waals surface area contributed by atoms with Crippen LogP contribution in [0.3, 0.4) is 0 Å². The molecule has 3 nitrogen and oxygen atoms in total. The van der Waals surface area contributed by atoms with Crippen LogP contribution < -0.4 is 4.90 Å². The lowest BCUT2D eigenvalue weighted by atomic mass is 10.0. The highest BCUT2D eigenvalue weighted by Gasteiger charge is 2.11. The maximum absolute atomic E-state index is 2.40. The maximum Gasteiger partial charge on any atom is 0.0396 e. The number of fused-ring (bicyclic) bond motifs is 3. The van der Waals surface area contributed by atoms with Gasteiger partial charge in [-0.3, -0.25) is 0 Å². The fourth-order valence-electron chi connectivity index (χ4n) is 5.52. The number of anilines is 1. The Morgan fingerprint density at radius 3 is 1.54 bits per heavy atom. The summed E-state index contributed by atoms with van der Waals surface area (Å²) in [5.41, 5.74) is 9.08. The molecule has 6 rings (SSSR count). The van der Waals surface area contributed by atoms with Gasteiger partial charge in [-0.25, -0.2) is 0 Å². The van der Waals surface area contributed by atoms with Gasteiger partial charge in [-0.2, -0.15) is 0 Å². The van der Waals surface area contributed by atoms with Crippen LogP contribution in [0.2, 0.25) is 0 Å². The molecule has 0 unspecified atom stereocenters. The molecule has 0 saturated heterocycles. The minimum Gasteiger partial charge on any atom is -0.374 e. The van der Waals surface area contributed by atoms with Crippen molar-refractivity contribution >= 4 is 5.69 Å². The molecule has 3 aliphatic rings. The molecule has 39 heavy (non-hydrogen) atoms. The first kappa shape index (κ1) is 34.4. The zero-order valence-electron chi connectivity index (χ0n) is 22.8. The Bertz CT molecular complexity index is 1050. The number of rotatable bonds is 0. The molecule has 3 heterocycles. The molecule has 0 radical (unpaired) electrons. The first-order valence-corrected chi connectivity index (χ1v) is 13.9. The average molecular weight is 532 g/mol. The molecule has 0 fully saturated rings. The third kappa shape index (κ3) is 10.5. The lowest BCUT2D eigenvalue weighted by molar-refractivity contribution is 0.332. The first-order valence-electron chi connectivity index (χ1n) is 13.9. The second kappa shape index (κ2) is 17.9. The van der Waals surface area contributed by atoms with Crippen LogP contribution in [0, 0.1) is 0 Å². The van der Waals surface area contributed by atoms with Gasteiger partial charge >= 0.3 is 0 Å². The summed E-state index contributed by atoms with van der Waals surface area (Å²) < 4.78 is 0. The van der Waals surface area contributed by atoms with Crippen molar-refractivity contribution in [1.82, 2.24) is 9.80 Å². The van der Waals surface area contributed by atoms with E-state index < -0.39 is 0 Å². The molecule has 0 spiro atoms. The number of likely N-dealkylation sites (N-methyl/N-ethyl adjacent to an activating group) is 1. The third-order valence-electron chi connectivity index (χ3n) is 7.78. The van der Waals surface area contributed by atoms with Crippen molar-refractivity contribution in [2.24, 2.45) is 0 Å². The van der Waals surface area contributed by atoms with Crippen LogP contribution in [0.15, 0.2) is 72.8 Å². The van der Waals surface area contributed by atoms with Crippen LogP contribution in [0.4, 0.5) is 5.69 Å². The zero-order chi connectivity index (χ0) is 25.2. The van der Waals surface area contributed by atoms with Crippen molar-refractivity contribution in [2.75, 3.05) is 52.2 Å². The maximum atomic E-state index is 2.40. The van der Waals surface area contributed by atoms with Gasteiger partial charge in [0.25, 0.3) is 0 Å². The van der Waals surface area contributed by atoms with Gasteiger partial charge in [-0.15, -0.1) is 0 Å². The number of hydrogen-bond donors (Lipinski definition) is 0. The van der Waals surface area contributed by atoms with Crippen molar-refractivity contribution in [3.8, 4) is 0 Å². The molecule has 0 atom stereocenters. The summed E-state index contributed by atoms with van der Waals surface area (Å²) in [5.74, 6) is 0. The van der Waals surface area contributed by atoms with Crippen LogP contribution in [0.5, 0.6) is 0 Å². The smallest absolute Gasteiger partial charge is 0.0396 e. The highest BCUT2D eigenvalue weighted by atomic mass is 15.1. The molecule has 3 aromatic carbocycles. The Hall–Kier alpha value is -2.62. The molecule has 3 aliphatic heterocycles. The van der Waals surface area contributed by atoms with Gasteiger partial charge in [0.2, 0.25) is 0 Å². The summed E-state index contributed by atoms with van der Waals surface area (Å²) in [7, 11) is 6.58. The molecule has 0 N–H and O–H groups in total. The molecule has 0 aliphatic carbocycles.